The molecule has 2 rings (SSSR count). The van der Waals surface area contributed by atoms with E-state index >= 15 is 0 Å². The number of benzene rings is 1. The Morgan fingerprint density at radius 2 is 2.18 bits per heavy atom. The molecule has 1 aromatic rings. The molecule has 0 saturated carbocycles. The van der Waals surface area contributed by atoms with Gasteiger partial charge in [-0.15, -0.1) is 0 Å². The minimum Gasteiger partial charge on any atom is -0.480 e. The molecular weight excluding hydrogens is 350 g/mol. The standard InChI is InChI=1S/C16H20BrNO4/c1-10(2)22-7-6-15(19)18-9-11-4-3-5-13(17)12(11)8-14(18)16(20)21/h3-5,10,14H,6-9H2,1-2H3,(H,20,21). The fourth-order valence-electron chi connectivity index (χ4n) is 2.59. The van der Waals surface area contributed by atoms with E-state index in [1.807, 2.05) is 32.0 Å². The number of halogens is 1. The highest BCUT2D eigenvalue weighted by Gasteiger charge is 2.35. The third kappa shape index (κ3) is 3.87. The Morgan fingerprint density at radius 1 is 1.45 bits per heavy atom. The molecule has 0 aromatic heterocycles. The van der Waals surface area contributed by atoms with Crippen molar-refractivity contribution in [3.8, 4) is 0 Å². The maximum Gasteiger partial charge on any atom is 0.326 e. The predicted octanol–water partition coefficient (Wildman–Crippen LogP) is 2.60. The number of carboxylic acids is 1. The summed E-state index contributed by atoms with van der Waals surface area (Å²) in [5.74, 6) is -1.15. The molecule has 1 amide bonds. The summed E-state index contributed by atoms with van der Waals surface area (Å²) in [5, 5.41) is 9.45. The topological polar surface area (TPSA) is 66.8 Å². The first-order valence-corrected chi connectivity index (χ1v) is 8.09. The van der Waals surface area contributed by atoms with Crippen molar-refractivity contribution in [2.45, 2.75) is 45.4 Å². The van der Waals surface area contributed by atoms with Gasteiger partial charge in [0.05, 0.1) is 19.1 Å². The van der Waals surface area contributed by atoms with Crippen LogP contribution in [0.5, 0.6) is 0 Å². The van der Waals surface area contributed by atoms with E-state index in [2.05, 4.69) is 15.9 Å². The van der Waals surface area contributed by atoms with E-state index in [1.165, 1.54) is 4.90 Å². The van der Waals surface area contributed by atoms with Crippen molar-refractivity contribution in [3.05, 3.63) is 33.8 Å². The van der Waals surface area contributed by atoms with Crippen molar-refractivity contribution < 1.29 is 19.4 Å². The molecule has 0 aliphatic carbocycles. The van der Waals surface area contributed by atoms with Crippen LogP contribution in [-0.4, -0.2) is 40.6 Å². The zero-order valence-electron chi connectivity index (χ0n) is 12.7. The normalized spacial score (nSPS) is 17.5. The summed E-state index contributed by atoms with van der Waals surface area (Å²) >= 11 is 3.46. The molecule has 1 heterocycles. The largest absolute Gasteiger partial charge is 0.480 e. The minimum absolute atomic E-state index is 0.0566. The number of fused-ring (bicyclic) bond motifs is 1. The van der Waals surface area contributed by atoms with Crippen molar-refractivity contribution in [1.29, 1.82) is 0 Å². The van der Waals surface area contributed by atoms with Gasteiger partial charge in [0, 0.05) is 17.4 Å². The molecule has 0 saturated heterocycles. The fraction of sp³-hybridized carbons (Fsp3) is 0.500. The van der Waals surface area contributed by atoms with Crippen LogP contribution in [0.3, 0.4) is 0 Å². The van der Waals surface area contributed by atoms with Crippen LogP contribution in [0.1, 0.15) is 31.4 Å². The van der Waals surface area contributed by atoms with Gasteiger partial charge in [-0.05, 0) is 31.0 Å². The van der Waals surface area contributed by atoms with Crippen molar-refractivity contribution in [3.63, 3.8) is 0 Å². The Labute approximate surface area is 138 Å². The highest BCUT2D eigenvalue weighted by atomic mass is 79.9. The van der Waals surface area contributed by atoms with E-state index in [1.54, 1.807) is 0 Å². The number of nitrogens with zero attached hydrogens (tertiary/aromatic N) is 1. The van der Waals surface area contributed by atoms with Gasteiger partial charge in [0.2, 0.25) is 5.91 Å². The average Bonchev–Trinajstić information content (AvgIpc) is 2.45. The second kappa shape index (κ2) is 7.24. The molecule has 5 nitrogen and oxygen atoms in total. The first kappa shape index (κ1) is 17.0. The number of hydrogen-bond acceptors (Lipinski definition) is 3. The summed E-state index contributed by atoms with van der Waals surface area (Å²) in [6.07, 6.45) is 0.579. The number of rotatable bonds is 5. The molecule has 1 aromatic carbocycles. The van der Waals surface area contributed by atoms with E-state index in [4.69, 9.17) is 4.74 Å². The first-order valence-electron chi connectivity index (χ1n) is 7.30. The molecule has 120 valence electrons. The summed E-state index contributed by atoms with van der Waals surface area (Å²) in [6.45, 7) is 4.44. The molecule has 1 N–H and O–H groups in total. The average molecular weight is 370 g/mol. The van der Waals surface area contributed by atoms with Crippen molar-refractivity contribution in [1.82, 2.24) is 4.90 Å². The van der Waals surface area contributed by atoms with Crippen LogP contribution in [0, 0.1) is 0 Å². The number of ether oxygens (including phenoxy) is 1. The SMILES string of the molecule is CC(C)OCCC(=O)N1Cc2cccc(Br)c2CC1C(=O)O. The van der Waals surface area contributed by atoms with Gasteiger partial charge in [-0.2, -0.15) is 0 Å². The lowest BCUT2D eigenvalue weighted by molar-refractivity contribution is -0.152. The van der Waals surface area contributed by atoms with Crippen molar-refractivity contribution in [2.24, 2.45) is 0 Å². The summed E-state index contributed by atoms with van der Waals surface area (Å²) < 4.78 is 6.28. The molecule has 6 heteroatoms. The predicted molar refractivity (Wildman–Crippen MR) is 85.5 cm³/mol. The number of carboxylic acid groups (broad SMARTS) is 1. The highest BCUT2D eigenvalue weighted by Crippen LogP contribution is 2.29. The Hall–Kier alpha value is -1.40. The summed E-state index contributed by atoms with van der Waals surface area (Å²) in [4.78, 5) is 25.3. The van der Waals surface area contributed by atoms with Crippen LogP contribution in [0.25, 0.3) is 0 Å². The summed E-state index contributed by atoms with van der Waals surface area (Å²) in [6, 6.07) is 4.90. The molecule has 0 fully saturated rings. The van der Waals surface area contributed by atoms with Crippen LogP contribution < -0.4 is 0 Å². The van der Waals surface area contributed by atoms with E-state index in [-0.39, 0.29) is 18.4 Å². The zero-order chi connectivity index (χ0) is 16.3. The van der Waals surface area contributed by atoms with Crippen LogP contribution in [-0.2, 0) is 27.3 Å². The Morgan fingerprint density at radius 3 is 2.82 bits per heavy atom. The molecule has 1 atom stereocenters. The molecule has 0 radical (unpaired) electrons. The van der Waals surface area contributed by atoms with Crippen LogP contribution >= 0.6 is 15.9 Å². The number of hydrogen-bond donors (Lipinski definition) is 1. The van der Waals surface area contributed by atoms with Gasteiger partial charge in [0.25, 0.3) is 0 Å². The van der Waals surface area contributed by atoms with Crippen molar-refractivity contribution in [2.75, 3.05) is 6.61 Å². The van der Waals surface area contributed by atoms with Crippen LogP contribution in [0.4, 0.5) is 0 Å². The number of aliphatic carboxylic acids is 1. The molecule has 1 aliphatic heterocycles. The minimum atomic E-state index is -0.973. The molecular formula is C16H20BrNO4. The van der Waals surface area contributed by atoms with Gasteiger partial charge >= 0.3 is 5.97 Å². The van der Waals surface area contributed by atoms with Gasteiger partial charge in [0.1, 0.15) is 6.04 Å². The maximum absolute atomic E-state index is 12.4. The molecule has 22 heavy (non-hydrogen) atoms. The third-order valence-corrected chi connectivity index (χ3v) is 4.45. The lowest BCUT2D eigenvalue weighted by atomic mass is 9.93. The lowest BCUT2D eigenvalue weighted by Crippen LogP contribution is -2.49. The van der Waals surface area contributed by atoms with Gasteiger partial charge in [-0.1, -0.05) is 28.1 Å². The van der Waals surface area contributed by atoms with Crippen LogP contribution in [0.15, 0.2) is 22.7 Å². The van der Waals surface area contributed by atoms with Gasteiger partial charge in [0.15, 0.2) is 0 Å². The van der Waals surface area contributed by atoms with E-state index in [0.717, 1.165) is 15.6 Å². The third-order valence-electron chi connectivity index (χ3n) is 3.70. The van der Waals surface area contributed by atoms with E-state index in [9.17, 15) is 14.7 Å². The van der Waals surface area contributed by atoms with Crippen LogP contribution in [0.2, 0.25) is 0 Å². The summed E-state index contributed by atoms with van der Waals surface area (Å²) in [5.41, 5.74) is 1.96. The number of carbonyl (C=O) groups excluding carboxylic acids is 1. The Balaban J connectivity index is 2.15. The summed E-state index contributed by atoms with van der Waals surface area (Å²) in [7, 11) is 0. The quantitative estimate of drug-likeness (QED) is 0.865. The monoisotopic (exact) mass is 369 g/mol. The van der Waals surface area contributed by atoms with E-state index in [0.29, 0.717) is 19.6 Å². The highest BCUT2D eigenvalue weighted by molar-refractivity contribution is 9.10. The molecule has 0 spiro atoms. The van der Waals surface area contributed by atoms with Gasteiger partial charge < -0.3 is 14.7 Å². The number of carbonyl (C=O) groups is 2. The van der Waals surface area contributed by atoms with E-state index < -0.39 is 12.0 Å². The second-order valence-corrected chi connectivity index (χ2v) is 6.48. The molecule has 1 unspecified atom stereocenters. The van der Waals surface area contributed by atoms with Gasteiger partial charge in [-0.3, -0.25) is 4.79 Å². The molecule has 0 bridgehead atoms. The van der Waals surface area contributed by atoms with Gasteiger partial charge in [-0.25, -0.2) is 4.79 Å². The fourth-order valence-corrected chi connectivity index (χ4v) is 3.15. The lowest BCUT2D eigenvalue weighted by Gasteiger charge is -2.35. The maximum atomic E-state index is 12.4. The van der Waals surface area contributed by atoms with Crippen molar-refractivity contribution >= 4 is 27.8 Å². The Kier molecular flexibility index (Phi) is 5.58. The Bertz CT molecular complexity index is 573. The smallest absolute Gasteiger partial charge is 0.326 e. The second-order valence-electron chi connectivity index (χ2n) is 5.63. The zero-order valence-corrected chi connectivity index (χ0v) is 14.3. The first-order chi connectivity index (χ1) is 10.4. The molecule has 1 aliphatic rings. The number of amides is 1.